The van der Waals surface area contributed by atoms with E-state index in [9.17, 15) is 20.1 Å². The molecular formula is C25H36O4. The van der Waals surface area contributed by atoms with Crippen LogP contribution < -0.4 is 0 Å². The van der Waals surface area contributed by atoms with Gasteiger partial charge < -0.3 is 15.3 Å². The summed E-state index contributed by atoms with van der Waals surface area (Å²) < 4.78 is 0. The van der Waals surface area contributed by atoms with E-state index >= 15 is 0 Å². The van der Waals surface area contributed by atoms with Crippen LogP contribution in [-0.2, 0) is 10.2 Å². The minimum absolute atomic E-state index is 0.0480. The molecule has 1 fully saturated rings. The van der Waals surface area contributed by atoms with Gasteiger partial charge in [-0.15, -0.1) is 0 Å². The Morgan fingerprint density at radius 1 is 1.14 bits per heavy atom. The summed E-state index contributed by atoms with van der Waals surface area (Å²) in [6, 6.07) is 3.56. The van der Waals surface area contributed by atoms with Gasteiger partial charge in [0.15, 0.2) is 0 Å². The lowest BCUT2D eigenvalue weighted by atomic mass is 9.45. The number of fused-ring (bicyclic) bond motifs is 1. The fraction of sp³-hybridized carbons (Fsp3) is 0.640. The molecule has 3 aliphatic rings. The maximum absolute atomic E-state index is 11.8. The molecule has 3 aliphatic carbocycles. The number of phenols is 2. The number of aliphatic carboxylic acids is 1. The van der Waals surface area contributed by atoms with Crippen molar-refractivity contribution in [3.05, 3.63) is 34.9 Å². The van der Waals surface area contributed by atoms with Crippen LogP contribution in [0.4, 0.5) is 0 Å². The first-order valence-electron chi connectivity index (χ1n) is 11.0. The van der Waals surface area contributed by atoms with E-state index in [1.807, 2.05) is 0 Å². The van der Waals surface area contributed by atoms with Gasteiger partial charge in [-0.25, -0.2) is 4.79 Å². The number of benzene rings is 1. The third-order valence-electron chi connectivity index (χ3n) is 7.66. The zero-order valence-electron chi connectivity index (χ0n) is 18.5. The molecule has 3 atom stereocenters. The molecule has 4 heteroatoms. The van der Waals surface area contributed by atoms with E-state index in [-0.39, 0.29) is 40.1 Å². The van der Waals surface area contributed by atoms with Crippen molar-refractivity contribution in [2.24, 2.45) is 17.3 Å². The molecule has 0 saturated heterocycles. The molecule has 0 aromatic heterocycles. The quantitative estimate of drug-likeness (QED) is 0.460. The fourth-order valence-corrected chi connectivity index (χ4v) is 5.52. The first-order chi connectivity index (χ1) is 13.5. The average molecular weight is 401 g/mol. The second-order valence-electron chi connectivity index (χ2n) is 10.3. The van der Waals surface area contributed by atoms with Crippen LogP contribution in [0.2, 0.25) is 0 Å². The van der Waals surface area contributed by atoms with Crippen molar-refractivity contribution in [2.75, 3.05) is 0 Å². The molecule has 3 N–H and O–H groups in total. The maximum Gasteiger partial charge on any atom is 0.331 e. The maximum atomic E-state index is 11.8. The Morgan fingerprint density at radius 2 is 1.76 bits per heavy atom. The highest BCUT2D eigenvalue weighted by molar-refractivity contribution is 5.88. The number of carbonyl (C=O) groups is 1. The van der Waals surface area contributed by atoms with Crippen molar-refractivity contribution in [1.82, 2.24) is 0 Å². The van der Waals surface area contributed by atoms with Crippen LogP contribution >= 0.6 is 0 Å². The molecule has 1 aromatic carbocycles. The van der Waals surface area contributed by atoms with Gasteiger partial charge in [0.2, 0.25) is 0 Å². The van der Waals surface area contributed by atoms with Crippen LogP contribution in [-0.4, -0.2) is 21.3 Å². The number of hydrogen-bond donors (Lipinski definition) is 3. The van der Waals surface area contributed by atoms with Gasteiger partial charge in [-0.05, 0) is 53.2 Å². The molecule has 4 nitrogen and oxygen atoms in total. The molecule has 4 rings (SSSR count). The number of phenolic OH excluding ortho intramolecular Hbond substituents is 2. The lowest BCUT2D eigenvalue weighted by molar-refractivity contribution is -0.137. The molecule has 1 saturated carbocycles. The van der Waals surface area contributed by atoms with Crippen molar-refractivity contribution in [2.45, 2.75) is 84.5 Å². The Balaban J connectivity index is 1.92. The predicted molar refractivity (Wildman–Crippen MR) is 115 cm³/mol. The van der Waals surface area contributed by atoms with E-state index in [1.54, 1.807) is 18.2 Å². The first-order valence-corrected chi connectivity index (χ1v) is 11.0. The van der Waals surface area contributed by atoms with E-state index in [0.717, 1.165) is 24.8 Å². The summed E-state index contributed by atoms with van der Waals surface area (Å²) in [5.74, 6) is -0.743. The van der Waals surface area contributed by atoms with Crippen LogP contribution in [0, 0.1) is 17.3 Å². The number of carboxylic acid groups (broad SMARTS) is 1. The summed E-state index contributed by atoms with van der Waals surface area (Å²) in [7, 11) is 0. The Labute approximate surface area is 174 Å². The van der Waals surface area contributed by atoms with Crippen LogP contribution in [0.15, 0.2) is 23.8 Å². The Hall–Kier alpha value is -1.97. The Bertz CT molecular complexity index is 795. The molecule has 0 radical (unpaired) electrons. The summed E-state index contributed by atoms with van der Waals surface area (Å²) in [4.78, 5) is 11.8. The van der Waals surface area contributed by atoms with Crippen molar-refractivity contribution in [3.8, 4) is 11.5 Å². The SMILES string of the molecule is CCCCCCC(C)(C)c1cc(O)c([C@H]2C=C(C(=O)O)[C@H]3CC2C3(C)C)c(O)c1. The van der Waals surface area contributed by atoms with Crippen molar-refractivity contribution < 1.29 is 20.1 Å². The normalized spacial score (nSPS) is 25.3. The summed E-state index contributed by atoms with van der Waals surface area (Å²) >= 11 is 0. The molecule has 0 aliphatic heterocycles. The molecular weight excluding hydrogens is 364 g/mol. The second-order valence-corrected chi connectivity index (χ2v) is 10.3. The molecule has 160 valence electrons. The fourth-order valence-electron chi connectivity index (χ4n) is 5.52. The van der Waals surface area contributed by atoms with Crippen molar-refractivity contribution in [1.29, 1.82) is 0 Å². The predicted octanol–water partition coefficient (Wildman–Crippen LogP) is 6.12. The van der Waals surface area contributed by atoms with E-state index in [4.69, 9.17) is 0 Å². The molecule has 1 unspecified atom stereocenters. The molecule has 2 bridgehead atoms. The molecule has 0 spiro atoms. The molecule has 1 aromatic rings. The van der Waals surface area contributed by atoms with Crippen LogP contribution in [0.5, 0.6) is 11.5 Å². The highest BCUT2D eigenvalue weighted by Gasteiger charge is 2.57. The molecule has 0 heterocycles. The van der Waals surface area contributed by atoms with Gasteiger partial charge in [0.25, 0.3) is 0 Å². The summed E-state index contributed by atoms with van der Waals surface area (Å²) in [5.41, 5.74) is 1.53. The van der Waals surface area contributed by atoms with E-state index in [2.05, 4.69) is 34.6 Å². The van der Waals surface area contributed by atoms with Crippen LogP contribution in [0.3, 0.4) is 0 Å². The topological polar surface area (TPSA) is 77.8 Å². The lowest BCUT2D eigenvalue weighted by Gasteiger charge is -2.58. The van der Waals surface area contributed by atoms with E-state index < -0.39 is 5.97 Å². The Kier molecular flexibility index (Phi) is 5.77. The van der Waals surface area contributed by atoms with Gasteiger partial charge in [-0.1, -0.05) is 66.4 Å². The molecule has 0 amide bonds. The first kappa shape index (κ1) is 21.7. The van der Waals surface area contributed by atoms with Crippen LogP contribution in [0.25, 0.3) is 0 Å². The van der Waals surface area contributed by atoms with Gasteiger partial charge in [-0.2, -0.15) is 0 Å². The zero-order chi connectivity index (χ0) is 21.6. The van der Waals surface area contributed by atoms with Gasteiger partial charge in [-0.3, -0.25) is 0 Å². The Morgan fingerprint density at radius 3 is 2.28 bits per heavy atom. The summed E-state index contributed by atoms with van der Waals surface area (Å²) in [5, 5.41) is 31.4. The number of allylic oxidation sites excluding steroid dienone is 1. The lowest BCUT2D eigenvalue weighted by Crippen LogP contribution is -2.52. The smallest absolute Gasteiger partial charge is 0.331 e. The number of carboxylic acids is 1. The van der Waals surface area contributed by atoms with Gasteiger partial charge in [0.1, 0.15) is 11.5 Å². The minimum Gasteiger partial charge on any atom is -0.507 e. The highest BCUT2D eigenvalue weighted by Crippen LogP contribution is 2.65. The third-order valence-corrected chi connectivity index (χ3v) is 7.66. The van der Waals surface area contributed by atoms with Crippen molar-refractivity contribution >= 4 is 5.97 Å². The minimum atomic E-state index is -0.893. The average Bonchev–Trinajstić information content (AvgIpc) is 2.64. The van der Waals surface area contributed by atoms with Crippen molar-refractivity contribution in [3.63, 3.8) is 0 Å². The van der Waals surface area contributed by atoms with Gasteiger partial charge in [0, 0.05) is 17.1 Å². The van der Waals surface area contributed by atoms with Gasteiger partial charge in [0.05, 0.1) is 0 Å². The number of hydrogen-bond acceptors (Lipinski definition) is 3. The second kappa shape index (κ2) is 7.70. The monoisotopic (exact) mass is 400 g/mol. The zero-order valence-corrected chi connectivity index (χ0v) is 18.5. The van der Waals surface area contributed by atoms with Crippen LogP contribution in [0.1, 0.15) is 90.2 Å². The number of unbranched alkanes of at least 4 members (excludes halogenated alkanes) is 3. The summed E-state index contributed by atoms with van der Waals surface area (Å²) in [6.07, 6.45) is 8.28. The van der Waals surface area contributed by atoms with E-state index in [1.165, 1.54) is 19.3 Å². The highest BCUT2D eigenvalue weighted by atomic mass is 16.4. The molecule has 29 heavy (non-hydrogen) atoms. The van der Waals surface area contributed by atoms with E-state index in [0.29, 0.717) is 11.1 Å². The number of aromatic hydroxyl groups is 2. The third kappa shape index (κ3) is 3.78. The largest absolute Gasteiger partial charge is 0.507 e. The summed E-state index contributed by atoms with van der Waals surface area (Å²) in [6.45, 7) is 10.7. The standard InChI is InChI=1S/C25H36O4/c1-6-7-8-9-10-24(2,3)15-11-20(26)22(21(27)12-15)16-13-17(23(28)29)19-14-18(16)25(19,4)5/h11-13,16,18-19,26-27H,6-10,14H2,1-5H3,(H,28,29)/t16-,18?,19+/m0/s1. The number of rotatable bonds is 8. The van der Waals surface area contributed by atoms with Gasteiger partial charge >= 0.3 is 5.97 Å².